The van der Waals surface area contributed by atoms with Gasteiger partial charge >= 0.3 is 6.03 Å². The summed E-state index contributed by atoms with van der Waals surface area (Å²) in [6.07, 6.45) is 1.58. The predicted molar refractivity (Wildman–Crippen MR) is 126 cm³/mol. The van der Waals surface area contributed by atoms with Crippen LogP contribution < -0.4 is 10.6 Å². The number of oxazole rings is 1. The van der Waals surface area contributed by atoms with Crippen LogP contribution in [0.25, 0.3) is 11.1 Å². The van der Waals surface area contributed by atoms with Crippen molar-refractivity contribution in [2.75, 3.05) is 13.1 Å². The average Bonchev–Trinajstić information content (AvgIpc) is 3.41. The Hall–Kier alpha value is -3.68. The van der Waals surface area contributed by atoms with Gasteiger partial charge in [0.2, 0.25) is 0 Å². The molecule has 0 spiro atoms. The quantitative estimate of drug-likeness (QED) is 0.576. The maximum atomic E-state index is 13.1. The molecule has 176 valence electrons. The second kappa shape index (κ2) is 8.27. The van der Waals surface area contributed by atoms with Gasteiger partial charge in [-0.15, -0.1) is 0 Å². The molecular weight excluding hydrogens is 432 g/mol. The minimum atomic E-state index is -1.13. The molecule has 8 heteroatoms. The first-order chi connectivity index (χ1) is 16.3. The number of piperidine rings is 1. The van der Waals surface area contributed by atoms with E-state index in [1.54, 1.807) is 24.3 Å². The van der Waals surface area contributed by atoms with E-state index in [9.17, 15) is 14.4 Å². The van der Waals surface area contributed by atoms with Crippen molar-refractivity contribution in [3.05, 3.63) is 65.0 Å². The number of hydrogen-bond acceptors (Lipinski definition) is 5. The van der Waals surface area contributed by atoms with E-state index in [1.165, 1.54) is 0 Å². The van der Waals surface area contributed by atoms with Gasteiger partial charge in [-0.3, -0.25) is 14.9 Å². The molecule has 4 amide bonds. The minimum absolute atomic E-state index is 0.0445. The van der Waals surface area contributed by atoms with E-state index in [1.807, 2.05) is 43.9 Å². The van der Waals surface area contributed by atoms with Crippen LogP contribution in [0.3, 0.4) is 0 Å². The van der Waals surface area contributed by atoms with Gasteiger partial charge in [-0.25, -0.2) is 9.78 Å². The maximum absolute atomic E-state index is 13.1. The zero-order valence-electron chi connectivity index (χ0n) is 19.6. The fraction of sp³-hybridized carbons (Fsp3) is 0.385. The fourth-order valence-corrected chi connectivity index (χ4v) is 5.08. The van der Waals surface area contributed by atoms with Crippen LogP contribution in [0.4, 0.5) is 4.79 Å². The van der Waals surface area contributed by atoms with Crippen LogP contribution in [0.5, 0.6) is 0 Å². The summed E-state index contributed by atoms with van der Waals surface area (Å²) >= 11 is 0. The predicted octanol–water partition coefficient (Wildman–Crippen LogP) is 3.85. The van der Waals surface area contributed by atoms with Crippen molar-refractivity contribution in [3.8, 4) is 0 Å². The number of fused-ring (bicyclic) bond motifs is 1. The van der Waals surface area contributed by atoms with Crippen LogP contribution in [0.1, 0.15) is 60.0 Å². The Kier molecular flexibility index (Phi) is 5.38. The van der Waals surface area contributed by atoms with Gasteiger partial charge in [-0.2, -0.15) is 0 Å². The molecule has 34 heavy (non-hydrogen) atoms. The largest absolute Gasteiger partial charge is 0.440 e. The molecule has 1 aromatic heterocycles. The number of nitrogens with zero attached hydrogens (tertiary/aromatic N) is 2. The molecular formula is C26H28N4O4. The van der Waals surface area contributed by atoms with E-state index in [0.29, 0.717) is 24.2 Å². The van der Waals surface area contributed by atoms with Crippen molar-refractivity contribution in [2.24, 2.45) is 5.92 Å². The van der Waals surface area contributed by atoms with Crippen LogP contribution in [0.15, 0.2) is 46.9 Å². The molecule has 2 fully saturated rings. The summed E-state index contributed by atoms with van der Waals surface area (Å²) in [4.78, 5) is 44.1. The third-order valence-corrected chi connectivity index (χ3v) is 7.12. The Bertz CT molecular complexity index is 1270. The Labute approximate surface area is 197 Å². The number of imide groups is 1. The molecule has 0 bridgehead atoms. The van der Waals surface area contributed by atoms with Gasteiger partial charge in [-0.05, 0) is 55.0 Å². The highest BCUT2D eigenvalue weighted by Crippen LogP contribution is 2.34. The molecule has 2 aliphatic heterocycles. The molecule has 1 atom stereocenters. The Morgan fingerprint density at radius 3 is 2.41 bits per heavy atom. The highest BCUT2D eigenvalue weighted by molar-refractivity contribution is 6.07. The van der Waals surface area contributed by atoms with Crippen LogP contribution >= 0.6 is 0 Å². The topological polar surface area (TPSA) is 105 Å². The van der Waals surface area contributed by atoms with Gasteiger partial charge in [0.05, 0.1) is 0 Å². The molecule has 0 radical (unpaired) electrons. The number of amides is 4. The lowest BCUT2D eigenvalue weighted by Gasteiger charge is -2.32. The highest BCUT2D eigenvalue weighted by atomic mass is 16.3. The van der Waals surface area contributed by atoms with Crippen molar-refractivity contribution in [1.29, 1.82) is 0 Å². The van der Waals surface area contributed by atoms with E-state index in [0.717, 1.165) is 35.4 Å². The van der Waals surface area contributed by atoms with E-state index in [4.69, 9.17) is 9.40 Å². The summed E-state index contributed by atoms with van der Waals surface area (Å²) < 4.78 is 6.00. The summed E-state index contributed by atoms with van der Waals surface area (Å²) in [6.45, 7) is 7.03. The van der Waals surface area contributed by atoms with Crippen molar-refractivity contribution in [3.63, 3.8) is 0 Å². The molecule has 2 saturated heterocycles. The second-order valence-electron chi connectivity index (χ2n) is 9.49. The number of carbonyl (C=O) groups is 3. The number of nitrogens with one attached hydrogen (secondary N) is 2. The monoisotopic (exact) mass is 460 g/mol. The summed E-state index contributed by atoms with van der Waals surface area (Å²) in [7, 11) is 0. The normalized spacial score (nSPS) is 21.2. The zero-order valence-corrected chi connectivity index (χ0v) is 19.6. The lowest BCUT2D eigenvalue weighted by atomic mass is 9.79. The Morgan fingerprint density at radius 1 is 1.12 bits per heavy atom. The molecule has 5 rings (SSSR count). The number of aromatic nitrogens is 1. The summed E-state index contributed by atoms with van der Waals surface area (Å²) in [5.41, 5.74) is 2.89. The van der Waals surface area contributed by atoms with Gasteiger partial charge in [0.25, 0.3) is 11.8 Å². The van der Waals surface area contributed by atoms with E-state index >= 15 is 0 Å². The van der Waals surface area contributed by atoms with Gasteiger partial charge in [0.1, 0.15) is 11.1 Å². The van der Waals surface area contributed by atoms with Gasteiger partial charge in [0.15, 0.2) is 11.5 Å². The van der Waals surface area contributed by atoms with Gasteiger partial charge in [-0.1, -0.05) is 38.1 Å². The molecule has 2 aliphatic rings. The minimum Gasteiger partial charge on any atom is -0.440 e. The third-order valence-electron chi connectivity index (χ3n) is 7.12. The highest BCUT2D eigenvalue weighted by Gasteiger charge is 2.50. The second-order valence-corrected chi connectivity index (χ2v) is 9.49. The summed E-state index contributed by atoms with van der Waals surface area (Å²) in [6, 6.07) is 12.4. The number of benzene rings is 2. The molecule has 1 unspecified atom stereocenters. The maximum Gasteiger partial charge on any atom is 0.322 e. The summed E-state index contributed by atoms with van der Waals surface area (Å²) in [5.74, 6) is 0.361. The lowest BCUT2D eigenvalue weighted by molar-refractivity contribution is -0.125. The lowest BCUT2D eigenvalue weighted by Crippen LogP contribution is -2.48. The van der Waals surface area contributed by atoms with Crippen LogP contribution in [-0.2, 0) is 10.3 Å². The van der Waals surface area contributed by atoms with Crippen LogP contribution in [-0.4, -0.2) is 40.8 Å². The molecule has 0 saturated carbocycles. The van der Waals surface area contributed by atoms with Crippen molar-refractivity contribution in [2.45, 2.75) is 45.1 Å². The first-order valence-corrected chi connectivity index (χ1v) is 11.7. The molecule has 0 aliphatic carbocycles. The third kappa shape index (κ3) is 3.54. The van der Waals surface area contributed by atoms with Crippen molar-refractivity contribution < 1.29 is 18.8 Å². The first-order valence-electron chi connectivity index (χ1n) is 11.7. The average molecular weight is 461 g/mol. The first kappa shape index (κ1) is 22.1. The number of para-hydroxylation sites is 1. The Balaban J connectivity index is 1.28. The molecule has 8 nitrogen and oxygen atoms in total. The van der Waals surface area contributed by atoms with E-state index in [2.05, 4.69) is 10.6 Å². The SMILES string of the molecule is Cc1cccc2oc(C3CCN(C(=O)c4ccc(C5(C(C)C)NC(=O)NC5=O)cc4)CC3)nc12. The van der Waals surface area contributed by atoms with Crippen LogP contribution in [0.2, 0.25) is 0 Å². The standard InChI is InChI=1S/C26H28N4O4/c1-15(2)26(24(32)28-25(33)29-26)19-9-7-18(8-10-19)23(31)30-13-11-17(12-14-30)22-27-21-16(3)5-4-6-20(21)34-22/h4-10,15,17H,11-14H2,1-3H3,(H2,28,29,32,33). The smallest absolute Gasteiger partial charge is 0.322 e. The summed E-state index contributed by atoms with van der Waals surface area (Å²) in [5, 5.41) is 5.10. The number of rotatable bonds is 4. The molecule has 2 N–H and O–H groups in total. The van der Waals surface area contributed by atoms with Crippen molar-refractivity contribution >= 4 is 28.9 Å². The zero-order chi connectivity index (χ0) is 24.0. The molecule has 2 aromatic carbocycles. The number of carbonyl (C=O) groups excluding carboxylic acids is 3. The number of aryl methyl sites for hydroxylation is 1. The fourth-order valence-electron chi connectivity index (χ4n) is 5.08. The van der Waals surface area contributed by atoms with E-state index < -0.39 is 11.6 Å². The molecule has 3 aromatic rings. The number of hydrogen-bond donors (Lipinski definition) is 2. The van der Waals surface area contributed by atoms with Gasteiger partial charge < -0.3 is 14.6 Å². The van der Waals surface area contributed by atoms with Gasteiger partial charge in [0, 0.05) is 24.6 Å². The van der Waals surface area contributed by atoms with Crippen LogP contribution in [0, 0.1) is 12.8 Å². The van der Waals surface area contributed by atoms with E-state index in [-0.39, 0.29) is 23.7 Å². The number of urea groups is 1. The number of likely N-dealkylation sites (tertiary alicyclic amines) is 1. The van der Waals surface area contributed by atoms with Crippen molar-refractivity contribution in [1.82, 2.24) is 20.5 Å². The molecule has 3 heterocycles. The Morgan fingerprint density at radius 2 is 1.82 bits per heavy atom.